The van der Waals surface area contributed by atoms with Gasteiger partial charge in [0.2, 0.25) is 10.0 Å². The van der Waals surface area contributed by atoms with Crippen molar-refractivity contribution in [3.63, 3.8) is 0 Å². The van der Waals surface area contributed by atoms with E-state index < -0.39 is 40.7 Å². The number of alkyl carbamates (subject to hydrolysis) is 1. The lowest BCUT2D eigenvalue weighted by Crippen LogP contribution is -2.51. The van der Waals surface area contributed by atoms with Crippen LogP contribution in [0.1, 0.15) is 49.8 Å². The largest absolute Gasteiger partial charge is 0.443 e. The molecule has 12 nitrogen and oxygen atoms in total. The van der Waals surface area contributed by atoms with Crippen LogP contribution in [-0.2, 0) is 35.4 Å². The van der Waals surface area contributed by atoms with Gasteiger partial charge in [-0.25, -0.2) is 13.2 Å². The fraction of sp³-hybridized carbons (Fsp3) is 0.436. The van der Waals surface area contributed by atoms with Gasteiger partial charge < -0.3 is 35.3 Å². The average molecular weight is 733 g/mol. The fourth-order valence-electron chi connectivity index (χ4n) is 6.89. The van der Waals surface area contributed by atoms with Gasteiger partial charge in [-0.2, -0.15) is 4.31 Å². The SMILES string of the molecule is CC(C)CN(CC(O)C(Cc1ccccc1)NC(=O)OC1COC2OCCC12)S(=O)(=O)c1ccc2c(c1)C(=CNCC(C)c1ccccc1)C(=O)N2. The van der Waals surface area contributed by atoms with E-state index in [1.165, 1.54) is 16.4 Å². The summed E-state index contributed by atoms with van der Waals surface area (Å²) in [6.45, 7) is 7.01. The zero-order chi connectivity index (χ0) is 36.8. The molecule has 4 N–H and O–H groups in total. The third-order valence-electron chi connectivity index (χ3n) is 9.72. The molecule has 6 atom stereocenters. The molecular formula is C39H48N4O8S. The number of aliphatic hydroxyl groups is 1. The van der Waals surface area contributed by atoms with Crippen molar-refractivity contribution in [2.24, 2.45) is 11.8 Å². The second kappa shape index (κ2) is 16.6. The standard InChI is InChI=1S/C39H48N4O8S/c1-25(2)22-43(23-35(44)34(18-27-10-6-4-7-11-27)42-39(46)51-36-24-50-38-30(36)16-17-49-38)52(47,48)29-14-15-33-31(19-29)32(37(45)41-33)21-40-20-26(3)28-12-8-5-9-13-28/h4-15,19,21,25-26,30,34-36,38,40,44H,16-18,20,22-24H2,1-3H3,(H,41,45)(H,42,46). The number of nitrogens with zero attached hydrogens (tertiary/aromatic N) is 1. The van der Waals surface area contributed by atoms with Gasteiger partial charge in [-0.1, -0.05) is 81.4 Å². The fourth-order valence-corrected chi connectivity index (χ4v) is 8.54. The lowest BCUT2D eigenvalue weighted by molar-refractivity contribution is -0.110. The van der Waals surface area contributed by atoms with Crippen molar-refractivity contribution in [2.75, 3.05) is 38.2 Å². The van der Waals surface area contributed by atoms with Gasteiger partial charge in [0.05, 0.1) is 41.7 Å². The van der Waals surface area contributed by atoms with Crippen LogP contribution in [0.2, 0.25) is 0 Å². The van der Waals surface area contributed by atoms with Crippen LogP contribution in [-0.4, -0.2) is 87.2 Å². The van der Waals surface area contributed by atoms with E-state index in [4.69, 9.17) is 14.2 Å². The minimum absolute atomic E-state index is 0.0132. The Balaban J connectivity index is 1.19. The Bertz CT molecular complexity index is 1840. The number of carbonyl (C=O) groups excluding carboxylic acids is 2. The van der Waals surface area contributed by atoms with E-state index in [2.05, 4.69) is 22.9 Å². The first-order chi connectivity index (χ1) is 25.0. The maximum Gasteiger partial charge on any atom is 0.407 e. The Hall–Kier alpha value is -4.27. The predicted octanol–water partition coefficient (Wildman–Crippen LogP) is 4.48. The molecule has 3 aliphatic heterocycles. The molecule has 3 aromatic carbocycles. The number of anilines is 1. The number of aliphatic hydroxyl groups excluding tert-OH is 1. The Kier molecular flexibility index (Phi) is 12.0. The molecule has 13 heteroatoms. The van der Waals surface area contributed by atoms with Gasteiger partial charge >= 0.3 is 6.09 Å². The molecule has 0 aromatic heterocycles. The van der Waals surface area contributed by atoms with Gasteiger partial charge in [-0.3, -0.25) is 4.79 Å². The van der Waals surface area contributed by atoms with Crippen molar-refractivity contribution in [2.45, 2.75) is 69.0 Å². The van der Waals surface area contributed by atoms with Gasteiger partial charge in [0.1, 0.15) is 6.10 Å². The van der Waals surface area contributed by atoms with E-state index in [0.717, 1.165) is 17.5 Å². The second-order valence-electron chi connectivity index (χ2n) is 14.1. The van der Waals surface area contributed by atoms with Crippen LogP contribution in [0.4, 0.5) is 10.5 Å². The number of sulfonamides is 1. The predicted molar refractivity (Wildman–Crippen MR) is 197 cm³/mol. The van der Waals surface area contributed by atoms with Gasteiger partial charge in [0.15, 0.2) is 6.29 Å². The van der Waals surface area contributed by atoms with E-state index in [0.29, 0.717) is 30.0 Å². The number of rotatable bonds is 15. The lowest BCUT2D eigenvalue weighted by atomic mass is 10.0. The molecule has 2 saturated heterocycles. The number of ether oxygens (including phenoxy) is 3. The smallest absolute Gasteiger partial charge is 0.407 e. The first-order valence-corrected chi connectivity index (χ1v) is 19.3. The molecule has 3 aliphatic rings. The zero-order valence-corrected chi connectivity index (χ0v) is 30.6. The molecule has 2 amide bonds. The van der Waals surface area contributed by atoms with E-state index in [1.54, 1.807) is 12.3 Å². The maximum atomic E-state index is 14.3. The maximum absolute atomic E-state index is 14.3. The van der Waals surface area contributed by atoms with Crippen LogP contribution in [0.25, 0.3) is 5.57 Å². The molecule has 0 aliphatic carbocycles. The number of hydrogen-bond acceptors (Lipinski definition) is 9. The first-order valence-electron chi connectivity index (χ1n) is 17.9. The molecular weight excluding hydrogens is 685 g/mol. The van der Waals surface area contributed by atoms with Crippen molar-refractivity contribution in [3.05, 3.63) is 102 Å². The number of carbonyl (C=O) groups is 2. The Morgan fingerprint density at radius 1 is 1.04 bits per heavy atom. The molecule has 0 radical (unpaired) electrons. The topological polar surface area (TPSA) is 156 Å². The summed E-state index contributed by atoms with van der Waals surface area (Å²) in [5, 5.41) is 20.6. The van der Waals surface area contributed by atoms with Crippen molar-refractivity contribution < 1.29 is 37.3 Å². The minimum Gasteiger partial charge on any atom is -0.443 e. The Morgan fingerprint density at radius 3 is 2.50 bits per heavy atom. The van der Waals surface area contributed by atoms with E-state index in [9.17, 15) is 23.1 Å². The van der Waals surface area contributed by atoms with Crippen LogP contribution in [0, 0.1) is 11.8 Å². The quantitative estimate of drug-likeness (QED) is 0.166. The number of nitrogens with one attached hydrogen (secondary N) is 3. The van der Waals surface area contributed by atoms with Gasteiger partial charge in [-0.05, 0) is 54.0 Å². The van der Waals surface area contributed by atoms with Crippen LogP contribution >= 0.6 is 0 Å². The molecule has 3 heterocycles. The average Bonchev–Trinajstić information content (AvgIpc) is 3.83. The van der Waals surface area contributed by atoms with Crippen molar-refractivity contribution in [3.8, 4) is 0 Å². The zero-order valence-electron chi connectivity index (χ0n) is 29.7. The van der Waals surface area contributed by atoms with Crippen LogP contribution < -0.4 is 16.0 Å². The van der Waals surface area contributed by atoms with E-state index in [-0.39, 0.29) is 54.7 Å². The molecule has 6 rings (SSSR count). The summed E-state index contributed by atoms with van der Waals surface area (Å²) in [4.78, 5) is 26.2. The van der Waals surface area contributed by atoms with Crippen LogP contribution in [0.15, 0.2) is 90.0 Å². The number of fused-ring (bicyclic) bond motifs is 2. The highest BCUT2D eigenvalue weighted by molar-refractivity contribution is 7.89. The van der Waals surface area contributed by atoms with Gasteiger partial charge in [-0.15, -0.1) is 0 Å². The highest BCUT2D eigenvalue weighted by Crippen LogP contribution is 2.35. The van der Waals surface area contributed by atoms with Crippen LogP contribution in [0.5, 0.6) is 0 Å². The van der Waals surface area contributed by atoms with Crippen molar-refractivity contribution in [1.29, 1.82) is 0 Å². The van der Waals surface area contributed by atoms with E-state index in [1.807, 2.05) is 74.5 Å². The van der Waals surface area contributed by atoms with Gasteiger partial charge in [0, 0.05) is 37.1 Å². The highest BCUT2D eigenvalue weighted by Gasteiger charge is 2.44. The summed E-state index contributed by atoms with van der Waals surface area (Å²) < 4.78 is 46.8. The number of amides is 2. The molecule has 6 unspecified atom stereocenters. The summed E-state index contributed by atoms with van der Waals surface area (Å²) in [5.74, 6) is -0.296. The summed E-state index contributed by atoms with van der Waals surface area (Å²) in [6, 6.07) is 23.0. The molecule has 278 valence electrons. The van der Waals surface area contributed by atoms with Gasteiger partial charge in [0.25, 0.3) is 5.91 Å². The molecule has 0 bridgehead atoms. The molecule has 2 fully saturated rings. The number of hydrogen-bond donors (Lipinski definition) is 4. The first kappa shape index (κ1) is 37.5. The molecule has 0 spiro atoms. The molecule has 52 heavy (non-hydrogen) atoms. The molecule has 3 aromatic rings. The second-order valence-corrected chi connectivity index (χ2v) is 16.1. The summed E-state index contributed by atoms with van der Waals surface area (Å²) in [6.07, 6.45) is -0.313. The Morgan fingerprint density at radius 2 is 1.77 bits per heavy atom. The molecule has 0 saturated carbocycles. The number of benzene rings is 3. The minimum atomic E-state index is -4.17. The van der Waals surface area contributed by atoms with Crippen molar-refractivity contribution in [1.82, 2.24) is 14.9 Å². The van der Waals surface area contributed by atoms with Crippen LogP contribution in [0.3, 0.4) is 0 Å². The third kappa shape index (κ3) is 8.84. The summed E-state index contributed by atoms with van der Waals surface area (Å²) >= 11 is 0. The normalized spacial score (nSPS) is 22.2. The third-order valence-corrected chi connectivity index (χ3v) is 11.5. The summed E-state index contributed by atoms with van der Waals surface area (Å²) in [5.41, 5.74) is 3.31. The Labute approximate surface area is 305 Å². The summed E-state index contributed by atoms with van der Waals surface area (Å²) in [7, 11) is -4.17. The monoisotopic (exact) mass is 732 g/mol. The van der Waals surface area contributed by atoms with Crippen molar-refractivity contribution >= 4 is 33.3 Å². The highest BCUT2D eigenvalue weighted by atomic mass is 32.2. The van der Waals surface area contributed by atoms with E-state index >= 15 is 0 Å². The lowest BCUT2D eigenvalue weighted by Gasteiger charge is -2.31.